The van der Waals surface area contributed by atoms with Crippen molar-refractivity contribution in [2.45, 2.75) is 18.7 Å². The van der Waals surface area contributed by atoms with Gasteiger partial charge in [0.2, 0.25) is 0 Å². The number of hydrogen-bond donors (Lipinski definition) is 0. The Kier molecular flexibility index (Phi) is 5.31. The van der Waals surface area contributed by atoms with Gasteiger partial charge in [-0.3, -0.25) is 0 Å². The molecule has 0 bridgehead atoms. The van der Waals surface area contributed by atoms with Crippen molar-refractivity contribution in [3.63, 3.8) is 0 Å². The van der Waals surface area contributed by atoms with Crippen LogP contribution in [0, 0.1) is 0 Å². The van der Waals surface area contributed by atoms with E-state index in [4.69, 9.17) is 8.85 Å². The van der Waals surface area contributed by atoms with E-state index in [1.54, 1.807) is 0 Å². The summed E-state index contributed by atoms with van der Waals surface area (Å²) in [5.41, 5.74) is 0.345. The molecule has 0 radical (unpaired) electrons. The molecule has 1 fully saturated rings. The fraction of sp³-hybridized carbons (Fsp3) is 0.222. The first kappa shape index (κ1) is 18.2. The molecule has 25 heavy (non-hydrogen) atoms. The van der Waals surface area contributed by atoms with Gasteiger partial charge in [0.15, 0.2) is 5.60 Å². The predicted molar refractivity (Wildman–Crippen MR) is 105 cm³/mol. The topological polar surface area (TPSA) is 52.6 Å². The van der Waals surface area contributed by atoms with E-state index in [1.807, 2.05) is 73.8 Å². The third-order valence-electron chi connectivity index (χ3n) is 4.02. The summed E-state index contributed by atoms with van der Waals surface area (Å²) in [6.45, 7) is 4.01. The second-order valence-electron chi connectivity index (χ2n) is 6.17. The Morgan fingerprint density at radius 2 is 1.32 bits per heavy atom. The summed E-state index contributed by atoms with van der Waals surface area (Å²) in [5, 5.41) is 0. The van der Waals surface area contributed by atoms with Crippen LogP contribution in [0.5, 0.6) is 0 Å². The van der Waals surface area contributed by atoms with Gasteiger partial charge in [0, 0.05) is 0 Å². The van der Waals surface area contributed by atoms with Crippen molar-refractivity contribution in [1.29, 1.82) is 0 Å². The van der Waals surface area contributed by atoms with Crippen LogP contribution in [0.15, 0.2) is 60.7 Å². The summed E-state index contributed by atoms with van der Waals surface area (Å²) in [5.74, 6) is 0. The average Bonchev–Trinajstić information content (AvgIpc) is 2.94. The van der Waals surface area contributed by atoms with Crippen molar-refractivity contribution in [2.75, 3.05) is 6.61 Å². The lowest BCUT2D eigenvalue weighted by atomic mass is 9.88. The third-order valence-corrected chi connectivity index (χ3v) is 7.16. The second-order valence-corrected chi connectivity index (χ2v) is 10.6. The summed E-state index contributed by atoms with van der Waals surface area (Å²) < 4.78 is 36.5. The zero-order valence-electron chi connectivity index (χ0n) is 13.9. The number of hydrogen-bond acceptors (Lipinski definition) is 4. The first-order valence-electron chi connectivity index (χ1n) is 7.82. The van der Waals surface area contributed by atoms with Gasteiger partial charge in [-0.1, -0.05) is 60.7 Å². The Labute approximate surface area is 155 Å². The first-order chi connectivity index (χ1) is 12.0. The van der Waals surface area contributed by atoms with Crippen LogP contribution >= 0.6 is 0 Å². The number of rotatable bonds is 4. The van der Waals surface area contributed by atoms with Crippen LogP contribution in [-0.2, 0) is 31.4 Å². The van der Waals surface area contributed by atoms with Gasteiger partial charge in [0.1, 0.15) is 0 Å². The summed E-state index contributed by atoms with van der Waals surface area (Å²) in [6.07, 6.45) is 0. The quantitative estimate of drug-likeness (QED) is 0.457. The Bertz CT molecular complexity index is 809. The summed E-state index contributed by atoms with van der Waals surface area (Å²) in [4.78, 5) is 0.932. The van der Waals surface area contributed by atoms with Gasteiger partial charge >= 0.3 is 8.56 Å². The van der Waals surface area contributed by atoms with Crippen molar-refractivity contribution in [3.05, 3.63) is 71.8 Å². The molecule has 3 rings (SSSR count). The molecule has 1 saturated heterocycles. The standard InChI is InChI=1S/C18H18O4S2Si/c1-25(2)21-13-18(22-25,16(23-19)14-9-5-3-6-10-14)17(24-20)15-11-7-4-8-12-15/h3-12H,13H2,1-2H3. The molecule has 1 heterocycles. The molecule has 2 aromatic carbocycles. The fourth-order valence-electron chi connectivity index (χ4n) is 2.96. The molecule has 0 saturated carbocycles. The van der Waals surface area contributed by atoms with E-state index >= 15 is 0 Å². The normalized spacial score (nSPS) is 21.5. The highest BCUT2D eigenvalue weighted by molar-refractivity contribution is 7.69. The van der Waals surface area contributed by atoms with E-state index in [9.17, 15) is 8.42 Å². The van der Waals surface area contributed by atoms with Crippen LogP contribution in [0.1, 0.15) is 11.1 Å². The lowest BCUT2D eigenvalue weighted by molar-refractivity contribution is 0.248. The largest absolute Gasteiger partial charge is 0.391 e. The van der Waals surface area contributed by atoms with Crippen molar-refractivity contribution in [1.82, 2.24) is 0 Å². The van der Waals surface area contributed by atoms with Gasteiger partial charge in [-0.05, 0) is 24.2 Å². The van der Waals surface area contributed by atoms with E-state index < -0.39 is 14.2 Å². The van der Waals surface area contributed by atoms with Crippen LogP contribution in [0.25, 0.3) is 0 Å². The van der Waals surface area contributed by atoms with Gasteiger partial charge in [0.05, 0.1) is 38.8 Å². The predicted octanol–water partition coefficient (Wildman–Crippen LogP) is 2.34. The maximum absolute atomic E-state index is 12.1. The molecule has 0 aliphatic carbocycles. The van der Waals surface area contributed by atoms with E-state index in [2.05, 4.69) is 0 Å². The molecule has 7 heteroatoms. The minimum absolute atomic E-state index is 0.172. The van der Waals surface area contributed by atoms with Crippen LogP contribution in [0.3, 0.4) is 0 Å². The van der Waals surface area contributed by atoms with Crippen LogP contribution < -0.4 is 0 Å². The minimum atomic E-state index is -2.45. The average molecular weight is 391 g/mol. The van der Waals surface area contributed by atoms with Gasteiger partial charge in [-0.2, -0.15) is 0 Å². The van der Waals surface area contributed by atoms with Crippen LogP contribution in [0.4, 0.5) is 0 Å². The van der Waals surface area contributed by atoms with E-state index in [0.717, 1.165) is 11.1 Å². The maximum atomic E-state index is 12.1. The van der Waals surface area contributed by atoms with Crippen molar-refractivity contribution in [2.24, 2.45) is 0 Å². The maximum Gasteiger partial charge on any atom is 0.332 e. The Hall–Kier alpha value is -1.64. The molecular formula is C18H18O4S2Si. The molecule has 0 spiro atoms. The van der Waals surface area contributed by atoms with Crippen molar-refractivity contribution < 1.29 is 17.3 Å². The monoisotopic (exact) mass is 390 g/mol. The zero-order valence-corrected chi connectivity index (χ0v) is 16.6. The van der Waals surface area contributed by atoms with Gasteiger partial charge in [-0.15, -0.1) is 0 Å². The molecule has 2 aromatic rings. The van der Waals surface area contributed by atoms with Crippen LogP contribution in [-0.4, -0.2) is 38.9 Å². The first-order valence-corrected chi connectivity index (χ1v) is 12.1. The molecule has 0 unspecified atom stereocenters. The number of benzene rings is 2. The second kappa shape index (κ2) is 7.31. The minimum Gasteiger partial charge on any atom is -0.391 e. The molecule has 1 aliphatic heterocycles. The SMILES string of the molecule is C[Si]1(C)OCC(C(=S=O)c2ccccc2)(C(=S=O)c2ccccc2)O1. The summed E-state index contributed by atoms with van der Waals surface area (Å²) >= 11 is 0.738. The van der Waals surface area contributed by atoms with Gasteiger partial charge < -0.3 is 8.85 Å². The highest BCUT2D eigenvalue weighted by atomic mass is 32.1. The smallest absolute Gasteiger partial charge is 0.332 e. The van der Waals surface area contributed by atoms with Crippen molar-refractivity contribution in [3.8, 4) is 0 Å². The molecule has 0 amide bonds. The van der Waals surface area contributed by atoms with E-state index in [1.165, 1.54) is 0 Å². The van der Waals surface area contributed by atoms with Gasteiger partial charge in [0.25, 0.3) is 0 Å². The lowest BCUT2D eigenvalue weighted by Gasteiger charge is -2.30. The third kappa shape index (κ3) is 3.51. The molecule has 4 nitrogen and oxygen atoms in total. The molecule has 0 atom stereocenters. The van der Waals surface area contributed by atoms with E-state index in [-0.39, 0.29) is 6.61 Å². The molecule has 1 aliphatic rings. The molecule has 0 N–H and O–H groups in total. The van der Waals surface area contributed by atoms with Crippen molar-refractivity contribution >= 4 is 40.8 Å². The van der Waals surface area contributed by atoms with Crippen LogP contribution in [0.2, 0.25) is 13.1 Å². The Balaban J connectivity index is 2.22. The zero-order chi connectivity index (χ0) is 17.9. The summed E-state index contributed by atoms with van der Waals surface area (Å²) in [6, 6.07) is 18.7. The van der Waals surface area contributed by atoms with Gasteiger partial charge in [-0.25, -0.2) is 8.42 Å². The molecular weight excluding hydrogens is 372 g/mol. The summed E-state index contributed by atoms with van der Waals surface area (Å²) in [7, 11) is -2.45. The lowest BCUT2D eigenvalue weighted by Crippen LogP contribution is -2.51. The fourth-order valence-corrected chi connectivity index (χ4v) is 6.02. The molecule has 130 valence electrons. The Morgan fingerprint density at radius 3 is 1.64 bits per heavy atom. The Morgan fingerprint density at radius 1 is 0.880 bits per heavy atom. The van der Waals surface area contributed by atoms with E-state index in [0.29, 0.717) is 32.2 Å². The highest BCUT2D eigenvalue weighted by Crippen LogP contribution is 2.34. The molecule has 0 aromatic heterocycles. The highest BCUT2D eigenvalue weighted by Gasteiger charge is 2.54.